The molecule has 0 radical (unpaired) electrons. The van der Waals surface area contributed by atoms with Gasteiger partial charge in [0.1, 0.15) is 0 Å². The van der Waals surface area contributed by atoms with Crippen LogP contribution in [0.3, 0.4) is 0 Å². The van der Waals surface area contributed by atoms with Gasteiger partial charge in [-0.15, -0.1) is 0 Å². The van der Waals surface area contributed by atoms with Crippen molar-refractivity contribution in [3.63, 3.8) is 0 Å². The summed E-state index contributed by atoms with van der Waals surface area (Å²) in [5.41, 5.74) is 0.482. The van der Waals surface area contributed by atoms with E-state index >= 15 is 0 Å². The number of hydrogen-bond acceptors (Lipinski definition) is 3. The van der Waals surface area contributed by atoms with Gasteiger partial charge in [-0.25, -0.2) is 0 Å². The molecule has 3 heteroatoms. The molecule has 1 fully saturated rings. The Morgan fingerprint density at radius 2 is 2.20 bits per heavy atom. The fourth-order valence-electron chi connectivity index (χ4n) is 1.86. The summed E-state index contributed by atoms with van der Waals surface area (Å²) in [6.07, 6.45) is 1.35. The molecule has 1 aliphatic rings. The van der Waals surface area contributed by atoms with E-state index in [1.165, 1.54) is 17.9 Å². The molecule has 0 aromatic heterocycles. The van der Waals surface area contributed by atoms with Crippen molar-refractivity contribution in [1.29, 1.82) is 0 Å². The molecule has 0 aliphatic carbocycles. The topological polar surface area (TPSA) is 15.3 Å². The maximum Gasteiger partial charge on any atom is 0.0210 e. The molecule has 1 unspecified atom stereocenters. The number of thioether (sulfide) groups is 1. The van der Waals surface area contributed by atoms with Crippen LogP contribution in [0.15, 0.2) is 0 Å². The van der Waals surface area contributed by atoms with Crippen LogP contribution in [0.25, 0.3) is 0 Å². The Kier molecular flexibility index (Phi) is 5.44. The van der Waals surface area contributed by atoms with Crippen LogP contribution in [0.1, 0.15) is 27.2 Å². The molecule has 1 N–H and O–H groups in total. The predicted octanol–water partition coefficient (Wildman–Crippen LogP) is 2.06. The predicted molar refractivity (Wildman–Crippen MR) is 70.7 cm³/mol. The lowest BCUT2D eigenvalue weighted by atomic mass is 9.82. The zero-order valence-electron chi connectivity index (χ0n) is 10.7. The normalized spacial score (nSPS) is 25.8. The van der Waals surface area contributed by atoms with Gasteiger partial charge >= 0.3 is 0 Å². The number of hydrogen-bond donors (Lipinski definition) is 1. The maximum absolute atomic E-state index is 3.71. The van der Waals surface area contributed by atoms with Crippen molar-refractivity contribution < 1.29 is 0 Å². The quantitative estimate of drug-likeness (QED) is 0.778. The second-order valence-electron chi connectivity index (χ2n) is 5.22. The lowest BCUT2D eigenvalue weighted by Crippen LogP contribution is -2.48. The number of nitrogens with zero attached hydrogens (tertiary/aromatic N) is 1. The highest BCUT2D eigenvalue weighted by molar-refractivity contribution is 7.99. The third kappa shape index (κ3) is 4.33. The van der Waals surface area contributed by atoms with Crippen molar-refractivity contribution in [2.75, 3.05) is 38.2 Å². The molecule has 0 aromatic rings. The van der Waals surface area contributed by atoms with Gasteiger partial charge in [-0.3, -0.25) is 0 Å². The maximum atomic E-state index is 3.71. The van der Waals surface area contributed by atoms with E-state index in [4.69, 9.17) is 0 Å². The third-order valence-corrected chi connectivity index (χ3v) is 4.60. The second kappa shape index (κ2) is 6.12. The second-order valence-corrected chi connectivity index (χ2v) is 6.37. The van der Waals surface area contributed by atoms with Crippen molar-refractivity contribution in [2.24, 2.45) is 5.41 Å². The van der Waals surface area contributed by atoms with E-state index in [0.29, 0.717) is 11.5 Å². The van der Waals surface area contributed by atoms with E-state index in [-0.39, 0.29) is 0 Å². The van der Waals surface area contributed by atoms with Gasteiger partial charge in [0.05, 0.1) is 0 Å². The Hall–Kier alpha value is 0.270. The zero-order valence-corrected chi connectivity index (χ0v) is 11.5. The van der Waals surface area contributed by atoms with Gasteiger partial charge in [-0.1, -0.05) is 20.8 Å². The van der Waals surface area contributed by atoms with Crippen molar-refractivity contribution >= 4 is 11.8 Å². The van der Waals surface area contributed by atoms with Crippen LogP contribution in [0.2, 0.25) is 0 Å². The zero-order chi connectivity index (χ0) is 11.3. The molecule has 0 saturated carbocycles. The molecule has 1 aliphatic heterocycles. The Labute approximate surface area is 99.2 Å². The summed E-state index contributed by atoms with van der Waals surface area (Å²) in [4.78, 5) is 2.36. The molecule has 90 valence electrons. The molecule has 0 amide bonds. The van der Waals surface area contributed by atoms with Crippen LogP contribution >= 0.6 is 11.8 Å². The number of nitrogens with one attached hydrogen (secondary N) is 1. The highest BCUT2D eigenvalue weighted by Gasteiger charge is 2.31. The average molecular weight is 230 g/mol. The molecular formula is C12H26N2S. The van der Waals surface area contributed by atoms with Crippen LogP contribution in [0, 0.1) is 5.41 Å². The van der Waals surface area contributed by atoms with Gasteiger partial charge in [-0.05, 0) is 31.2 Å². The fraction of sp³-hybridized carbons (Fsp3) is 1.00. The summed E-state index contributed by atoms with van der Waals surface area (Å²) in [7, 11) is 2.18. The number of likely N-dealkylation sites (N-methyl/N-ethyl adjacent to an activating group) is 1. The van der Waals surface area contributed by atoms with Gasteiger partial charge in [0, 0.05) is 24.9 Å². The molecule has 1 atom stereocenters. The summed E-state index contributed by atoms with van der Waals surface area (Å²) in [6.45, 7) is 10.4. The standard InChI is InChI=1S/C12H26N2S/c1-5-14(4)8-7-13-11-10-15-9-6-12(11,2)3/h11,13H,5-10H2,1-4H3. The van der Waals surface area contributed by atoms with Crippen LogP contribution < -0.4 is 5.32 Å². The van der Waals surface area contributed by atoms with Crippen LogP contribution in [-0.2, 0) is 0 Å². The van der Waals surface area contributed by atoms with Gasteiger partial charge in [-0.2, -0.15) is 11.8 Å². The van der Waals surface area contributed by atoms with Crippen molar-refractivity contribution in [2.45, 2.75) is 33.2 Å². The molecule has 0 spiro atoms. The highest BCUT2D eigenvalue weighted by atomic mass is 32.2. The molecular weight excluding hydrogens is 204 g/mol. The van der Waals surface area contributed by atoms with Crippen LogP contribution in [0.4, 0.5) is 0 Å². The Bertz CT molecular complexity index is 182. The summed E-state index contributed by atoms with van der Waals surface area (Å²) in [5.74, 6) is 2.61. The number of rotatable bonds is 5. The van der Waals surface area contributed by atoms with Crippen molar-refractivity contribution in [3.05, 3.63) is 0 Å². The molecule has 15 heavy (non-hydrogen) atoms. The Morgan fingerprint density at radius 1 is 1.47 bits per heavy atom. The molecule has 0 aromatic carbocycles. The molecule has 1 heterocycles. The third-order valence-electron chi connectivity index (χ3n) is 3.54. The SMILES string of the molecule is CCN(C)CCNC1CSCCC1(C)C. The molecule has 2 nitrogen and oxygen atoms in total. The van der Waals surface area contributed by atoms with Gasteiger partial charge in [0.2, 0.25) is 0 Å². The summed E-state index contributed by atoms with van der Waals surface area (Å²) in [5, 5.41) is 3.71. The van der Waals surface area contributed by atoms with Gasteiger partial charge in [0.25, 0.3) is 0 Å². The lowest BCUT2D eigenvalue weighted by Gasteiger charge is -2.39. The van der Waals surface area contributed by atoms with E-state index in [2.05, 4.69) is 49.8 Å². The van der Waals surface area contributed by atoms with Crippen molar-refractivity contribution in [1.82, 2.24) is 10.2 Å². The Morgan fingerprint density at radius 3 is 2.80 bits per heavy atom. The van der Waals surface area contributed by atoms with Crippen LogP contribution in [-0.4, -0.2) is 49.1 Å². The van der Waals surface area contributed by atoms with Gasteiger partial charge in [0.15, 0.2) is 0 Å². The van der Waals surface area contributed by atoms with E-state index < -0.39 is 0 Å². The average Bonchev–Trinajstić information content (AvgIpc) is 2.20. The first-order chi connectivity index (χ1) is 7.06. The first kappa shape index (κ1) is 13.3. The summed E-state index contributed by atoms with van der Waals surface area (Å²) in [6, 6.07) is 0.696. The van der Waals surface area contributed by atoms with Crippen molar-refractivity contribution in [3.8, 4) is 0 Å². The van der Waals surface area contributed by atoms with Gasteiger partial charge < -0.3 is 10.2 Å². The van der Waals surface area contributed by atoms with E-state index in [0.717, 1.165) is 19.6 Å². The highest BCUT2D eigenvalue weighted by Crippen LogP contribution is 2.33. The van der Waals surface area contributed by atoms with E-state index in [1.807, 2.05) is 0 Å². The first-order valence-electron chi connectivity index (χ1n) is 6.06. The van der Waals surface area contributed by atoms with E-state index in [9.17, 15) is 0 Å². The summed E-state index contributed by atoms with van der Waals surface area (Å²) < 4.78 is 0. The molecule has 0 bridgehead atoms. The lowest BCUT2D eigenvalue weighted by molar-refractivity contribution is 0.236. The fourth-order valence-corrected chi connectivity index (χ4v) is 3.50. The Balaban J connectivity index is 2.24. The molecule has 1 rings (SSSR count). The smallest absolute Gasteiger partial charge is 0.0210 e. The largest absolute Gasteiger partial charge is 0.311 e. The summed E-state index contributed by atoms with van der Waals surface area (Å²) >= 11 is 2.09. The monoisotopic (exact) mass is 230 g/mol. The molecule has 1 saturated heterocycles. The van der Waals surface area contributed by atoms with Crippen LogP contribution in [0.5, 0.6) is 0 Å². The van der Waals surface area contributed by atoms with E-state index in [1.54, 1.807) is 0 Å². The minimum Gasteiger partial charge on any atom is -0.311 e. The minimum absolute atomic E-state index is 0.482. The first-order valence-corrected chi connectivity index (χ1v) is 7.21. The minimum atomic E-state index is 0.482.